The summed E-state index contributed by atoms with van der Waals surface area (Å²) in [6.45, 7) is 0. The van der Waals surface area contributed by atoms with Crippen molar-refractivity contribution in [1.29, 1.82) is 0 Å². The number of hydrogen-bond donors (Lipinski definition) is 0. The molecule has 0 amide bonds. The van der Waals surface area contributed by atoms with Crippen molar-refractivity contribution in [3.8, 4) is 22.3 Å². The third kappa shape index (κ3) is 4.36. The molecule has 0 unspecified atom stereocenters. The Labute approximate surface area is 216 Å². The Morgan fingerprint density at radius 1 is 0.429 bits per heavy atom. The van der Waals surface area contributed by atoms with Crippen LogP contribution in [0.2, 0.25) is 0 Å². The summed E-state index contributed by atoms with van der Waals surface area (Å²) < 4.78 is 0. The van der Waals surface area contributed by atoms with Gasteiger partial charge in [-0.25, -0.2) is 12.1 Å². The maximum atomic E-state index is 3.38. The Morgan fingerprint density at radius 2 is 0.821 bits per heavy atom. The number of fused-ring (bicyclic) bond motifs is 2. The van der Waals surface area contributed by atoms with E-state index in [2.05, 4.69) is 78.9 Å². The van der Waals surface area contributed by atoms with Crippen molar-refractivity contribution in [2.45, 2.75) is 0 Å². The molecule has 0 heterocycles. The van der Waals surface area contributed by atoms with E-state index >= 15 is 0 Å². The van der Waals surface area contributed by atoms with Gasteiger partial charge in [0.15, 0.2) is 0 Å². The Kier molecular flexibility index (Phi) is 7.35. The Bertz CT molecular complexity index is 1150. The predicted octanol–water partition coefficient (Wildman–Crippen LogP) is 6.52. The first kappa shape index (κ1) is 21.5. The smallest absolute Gasteiger partial charge is 0 e. The van der Waals surface area contributed by atoms with E-state index < -0.39 is 0 Å². The molecule has 0 aromatic heterocycles. The van der Waals surface area contributed by atoms with Crippen molar-refractivity contribution in [3.05, 3.63) is 109 Å². The summed E-state index contributed by atoms with van der Waals surface area (Å²) in [4.78, 5) is 0. The maximum absolute atomic E-state index is 3.38. The van der Waals surface area contributed by atoms with Crippen molar-refractivity contribution in [1.82, 2.24) is 0 Å². The van der Waals surface area contributed by atoms with Gasteiger partial charge >= 0.3 is 0 Å². The van der Waals surface area contributed by atoms with Crippen molar-refractivity contribution >= 4 is 21.5 Å². The topological polar surface area (TPSA) is 0 Å². The van der Waals surface area contributed by atoms with Crippen LogP contribution in [0.5, 0.6) is 0 Å². The van der Waals surface area contributed by atoms with Crippen molar-refractivity contribution in [3.63, 3.8) is 0 Å². The van der Waals surface area contributed by atoms with Crippen LogP contribution in [0.25, 0.3) is 43.8 Å². The SMILES string of the molecule is [Y].[Y].[c-]1c[c-]c(-c2[c-]cc3ccccc3c2)cc1-c1[c-]cc2ccccc2c1. The van der Waals surface area contributed by atoms with Gasteiger partial charge in [0.1, 0.15) is 0 Å². The minimum Gasteiger partial charge on any atom is -0.368 e. The van der Waals surface area contributed by atoms with Crippen LogP contribution in [0, 0.1) is 24.3 Å². The quantitative estimate of drug-likeness (QED) is 0.240. The van der Waals surface area contributed by atoms with E-state index in [1.54, 1.807) is 0 Å². The summed E-state index contributed by atoms with van der Waals surface area (Å²) >= 11 is 0. The van der Waals surface area contributed by atoms with Gasteiger partial charge in [0, 0.05) is 65.4 Å². The summed E-state index contributed by atoms with van der Waals surface area (Å²) in [5.74, 6) is 0. The zero-order valence-corrected chi connectivity index (χ0v) is 20.9. The molecule has 0 aliphatic heterocycles. The molecule has 0 fully saturated rings. The molecule has 128 valence electrons. The van der Waals surface area contributed by atoms with Gasteiger partial charge in [-0.1, -0.05) is 53.9 Å². The first-order valence-electron chi connectivity index (χ1n) is 8.62. The largest absolute Gasteiger partial charge is 0.368 e. The molecule has 0 saturated carbocycles. The predicted molar refractivity (Wildman–Crippen MR) is 108 cm³/mol. The van der Waals surface area contributed by atoms with Crippen LogP contribution in [0.1, 0.15) is 0 Å². The fraction of sp³-hybridized carbons (Fsp3) is 0. The number of benzene rings is 5. The van der Waals surface area contributed by atoms with Crippen LogP contribution in [0.3, 0.4) is 0 Å². The van der Waals surface area contributed by atoms with Gasteiger partial charge in [0.05, 0.1) is 0 Å². The minimum absolute atomic E-state index is 0. The van der Waals surface area contributed by atoms with Gasteiger partial charge in [-0.2, -0.15) is 11.6 Å². The molecule has 0 saturated heterocycles. The summed E-state index contributed by atoms with van der Waals surface area (Å²) in [5.41, 5.74) is 4.12. The average molecular weight is 504 g/mol. The summed E-state index contributed by atoms with van der Waals surface area (Å²) in [5, 5.41) is 4.81. The molecule has 5 rings (SSSR count). The molecular weight excluding hydrogens is 490 g/mol. The molecule has 0 spiro atoms. The van der Waals surface area contributed by atoms with Crippen molar-refractivity contribution in [2.75, 3.05) is 0 Å². The van der Waals surface area contributed by atoms with Gasteiger partial charge in [-0.3, -0.25) is 11.6 Å². The fourth-order valence-corrected chi connectivity index (χ4v) is 3.29. The Morgan fingerprint density at radius 3 is 1.29 bits per heavy atom. The molecule has 0 aliphatic carbocycles. The van der Waals surface area contributed by atoms with Crippen molar-refractivity contribution < 1.29 is 65.4 Å². The summed E-state index contributed by atoms with van der Waals surface area (Å²) in [6, 6.07) is 42.4. The van der Waals surface area contributed by atoms with Gasteiger partial charge < -0.3 is 29.3 Å². The molecule has 0 aliphatic rings. The third-order valence-corrected chi connectivity index (χ3v) is 4.68. The van der Waals surface area contributed by atoms with E-state index in [-0.39, 0.29) is 65.4 Å². The molecule has 0 atom stereocenters. The zero-order valence-electron chi connectivity index (χ0n) is 15.2. The number of hydrogen-bond acceptors (Lipinski definition) is 0. The second kappa shape index (κ2) is 9.55. The van der Waals surface area contributed by atoms with Gasteiger partial charge in [0.25, 0.3) is 0 Å². The van der Waals surface area contributed by atoms with Crippen molar-refractivity contribution in [2.24, 2.45) is 0 Å². The Hall–Kier alpha value is -1.17. The fourth-order valence-electron chi connectivity index (χ4n) is 3.29. The maximum Gasteiger partial charge on any atom is 0 e. The second-order valence-electron chi connectivity index (χ2n) is 6.36. The normalized spacial score (nSPS) is 10.3. The molecule has 0 bridgehead atoms. The first-order valence-corrected chi connectivity index (χ1v) is 8.62. The second-order valence-corrected chi connectivity index (χ2v) is 6.36. The third-order valence-electron chi connectivity index (χ3n) is 4.68. The molecule has 0 N–H and O–H groups in total. The van der Waals surface area contributed by atoms with Crippen LogP contribution < -0.4 is 0 Å². The molecule has 5 aromatic carbocycles. The van der Waals surface area contributed by atoms with Crippen LogP contribution in [-0.2, 0) is 65.4 Å². The molecule has 28 heavy (non-hydrogen) atoms. The van der Waals surface area contributed by atoms with E-state index in [1.807, 2.05) is 30.3 Å². The summed E-state index contributed by atoms with van der Waals surface area (Å²) in [7, 11) is 0. The Balaban J connectivity index is 0.00000112. The standard InChI is InChI=1S/C26H14.2Y/c1-3-8-21-16-25(14-12-19(21)6-1)23-10-5-11-24(18-23)26-15-13-20-7-2-4-9-22(20)17-26;;/h1-9,12-13,16-18H;;/q-4;;. The molecule has 5 aromatic rings. The molecule has 2 heteroatoms. The van der Waals surface area contributed by atoms with E-state index in [0.717, 1.165) is 22.3 Å². The van der Waals surface area contributed by atoms with Gasteiger partial charge in [0.2, 0.25) is 0 Å². The molecular formula is C26H14Y2-4. The van der Waals surface area contributed by atoms with Gasteiger partial charge in [-0.05, 0) is 0 Å². The van der Waals surface area contributed by atoms with E-state index in [4.69, 9.17) is 0 Å². The molecule has 2 radical (unpaired) electrons. The van der Waals surface area contributed by atoms with Gasteiger partial charge in [-0.15, -0.1) is 34.4 Å². The van der Waals surface area contributed by atoms with Crippen LogP contribution >= 0.6 is 0 Å². The first-order chi connectivity index (χ1) is 12.9. The van der Waals surface area contributed by atoms with Crippen LogP contribution in [0.15, 0.2) is 84.9 Å². The van der Waals surface area contributed by atoms with Crippen LogP contribution in [0.4, 0.5) is 0 Å². The zero-order chi connectivity index (χ0) is 17.3. The summed E-state index contributed by atoms with van der Waals surface area (Å²) in [6.07, 6.45) is 0. The number of rotatable bonds is 2. The monoisotopic (exact) mass is 504 g/mol. The minimum atomic E-state index is 0. The van der Waals surface area contributed by atoms with E-state index in [1.165, 1.54) is 21.5 Å². The average Bonchev–Trinajstić information content (AvgIpc) is 2.73. The van der Waals surface area contributed by atoms with E-state index in [0.29, 0.717) is 0 Å². The van der Waals surface area contributed by atoms with E-state index in [9.17, 15) is 0 Å². The van der Waals surface area contributed by atoms with Crippen LogP contribution in [-0.4, -0.2) is 0 Å². The molecule has 0 nitrogen and oxygen atoms in total.